The van der Waals surface area contributed by atoms with Crippen molar-refractivity contribution in [1.82, 2.24) is 4.90 Å². The van der Waals surface area contributed by atoms with Crippen LogP contribution in [0, 0.1) is 0 Å². The van der Waals surface area contributed by atoms with Gasteiger partial charge in [0.05, 0.1) is 24.9 Å². The van der Waals surface area contributed by atoms with Crippen molar-refractivity contribution in [3.8, 4) is 0 Å². The summed E-state index contributed by atoms with van der Waals surface area (Å²) in [5.74, 6) is 0. The van der Waals surface area contributed by atoms with E-state index in [1.165, 1.54) is 0 Å². The van der Waals surface area contributed by atoms with Crippen LogP contribution in [0.25, 0.3) is 0 Å². The standard InChI is InChI=1S/C6H13NO3/c1-7-2-4(9)6(7)5(10)3-8/h4-6,8-10H,2-3H2,1H3/t4-,5+,6+/m0/s1. The molecular weight excluding hydrogens is 134 g/mol. The number of likely N-dealkylation sites (N-methyl/N-ethyl adjacent to an activating group) is 1. The summed E-state index contributed by atoms with van der Waals surface area (Å²) >= 11 is 0. The fraction of sp³-hybridized carbons (Fsp3) is 1.00. The van der Waals surface area contributed by atoms with Gasteiger partial charge in [-0.1, -0.05) is 0 Å². The highest BCUT2D eigenvalue weighted by molar-refractivity contribution is 4.94. The van der Waals surface area contributed by atoms with E-state index in [1.54, 1.807) is 7.05 Å². The van der Waals surface area contributed by atoms with Gasteiger partial charge in [0.2, 0.25) is 0 Å². The van der Waals surface area contributed by atoms with E-state index >= 15 is 0 Å². The Kier molecular flexibility index (Phi) is 2.25. The third kappa shape index (κ3) is 1.15. The van der Waals surface area contributed by atoms with Crippen LogP contribution in [-0.2, 0) is 0 Å². The average molecular weight is 147 g/mol. The second-order valence-corrected chi connectivity index (χ2v) is 2.75. The topological polar surface area (TPSA) is 63.9 Å². The smallest absolute Gasteiger partial charge is 0.0951 e. The first kappa shape index (κ1) is 7.94. The summed E-state index contributed by atoms with van der Waals surface area (Å²) in [6.45, 7) is 0.299. The summed E-state index contributed by atoms with van der Waals surface area (Å²) in [6.07, 6.45) is -1.29. The highest BCUT2D eigenvalue weighted by atomic mass is 16.3. The van der Waals surface area contributed by atoms with Crippen molar-refractivity contribution in [3.63, 3.8) is 0 Å². The maximum Gasteiger partial charge on any atom is 0.0951 e. The highest BCUT2D eigenvalue weighted by Crippen LogP contribution is 2.18. The first-order chi connectivity index (χ1) is 4.66. The summed E-state index contributed by atoms with van der Waals surface area (Å²) in [5.41, 5.74) is 0. The molecule has 4 nitrogen and oxygen atoms in total. The molecule has 0 aromatic heterocycles. The minimum absolute atomic E-state index is 0.273. The van der Waals surface area contributed by atoms with Crippen LogP contribution < -0.4 is 0 Å². The third-order valence-corrected chi connectivity index (χ3v) is 1.96. The predicted octanol–water partition coefficient (Wildman–Crippen LogP) is -1.99. The Hall–Kier alpha value is -0.160. The summed E-state index contributed by atoms with van der Waals surface area (Å²) < 4.78 is 0. The molecule has 0 bridgehead atoms. The fourth-order valence-corrected chi connectivity index (χ4v) is 1.34. The van der Waals surface area contributed by atoms with Gasteiger partial charge in [0.15, 0.2) is 0 Å². The molecule has 1 heterocycles. The van der Waals surface area contributed by atoms with Crippen LogP contribution in [0.15, 0.2) is 0 Å². The maximum absolute atomic E-state index is 9.07. The molecule has 10 heavy (non-hydrogen) atoms. The van der Waals surface area contributed by atoms with Crippen molar-refractivity contribution < 1.29 is 15.3 Å². The zero-order valence-electron chi connectivity index (χ0n) is 5.94. The minimum Gasteiger partial charge on any atom is -0.394 e. The molecule has 0 aromatic rings. The van der Waals surface area contributed by atoms with Gasteiger partial charge in [0, 0.05) is 6.54 Å². The zero-order chi connectivity index (χ0) is 7.72. The summed E-state index contributed by atoms with van der Waals surface area (Å²) in [4.78, 5) is 1.81. The normalized spacial score (nSPS) is 37.2. The molecule has 1 fully saturated rings. The second kappa shape index (κ2) is 2.84. The SMILES string of the molecule is CN1C[C@H](O)[C@@H]1[C@H](O)CO. The molecule has 1 rings (SSSR count). The number of rotatable bonds is 2. The summed E-state index contributed by atoms with van der Waals surface area (Å²) in [5, 5.41) is 26.7. The van der Waals surface area contributed by atoms with Crippen LogP contribution >= 0.6 is 0 Å². The number of nitrogens with zero attached hydrogens (tertiary/aromatic N) is 1. The molecule has 60 valence electrons. The molecule has 0 saturated carbocycles. The van der Waals surface area contributed by atoms with Crippen LogP contribution in [0.5, 0.6) is 0 Å². The van der Waals surface area contributed by atoms with Crippen molar-refractivity contribution in [1.29, 1.82) is 0 Å². The number of likely N-dealkylation sites (tertiary alicyclic amines) is 1. The van der Waals surface area contributed by atoms with Gasteiger partial charge in [-0.2, -0.15) is 0 Å². The lowest BCUT2D eigenvalue weighted by molar-refractivity contribution is -0.112. The third-order valence-electron chi connectivity index (χ3n) is 1.96. The molecular formula is C6H13NO3. The van der Waals surface area contributed by atoms with Crippen molar-refractivity contribution in [2.75, 3.05) is 20.2 Å². The molecule has 0 aliphatic carbocycles. The Labute approximate surface area is 59.7 Å². The van der Waals surface area contributed by atoms with E-state index in [9.17, 15) is 0 Å². The van der Waals surface area contributed by atoms with Gasteiger partial charge in [-0.15, -0.1) is 0 Å². The zero-order valence-corrected chi connectivity index (χ0v) is 5.94. The van der Waals surface area contributed by atoms with E-state index in [4.69, 9.17) is 15.3 Å². The lowest BCUT2D eigenvalue weighted by Gasteiger charge is -2.44. The first-order valence-corrected chi connectivity index (χ1v) is 3.34. The molecule has 0 unspecified atom stereocenters. The first-order valence-electron chi connectivity index (χ1n) is 3.34. The van der Waals surface area contributed by atoms with Crippen molar-refractivity contribution >= 4 is 0 Å². The fourth-order valence-electron chi connectivity index (χ4n) is 1.34. The minimum atomic E-state index is -0.811. The largest absolute Gasteiger partial charge is 0.394 e. The highest BCUT2D eigenvalue weighted by Gasteiger charge is 2.39. The Bertz CT molecular complexity index is 112. The number of aliphatic hydroxyl groups is 3. The van der Waals surface area contributed by atoms with Gasteiger partial charge in [0.1, 0.15) is 0 Å². The Morgan fingerprint density at radius 3 is 2.50 bits per heavy atom. The predicted molar refractivity (Wildman–Crippen MR) is 35.5 cm³/mol. The average Bonchev–Trinajstić information content (AvgIpc) is 1.87. The number of hydrogen-bond acceptors (Lipinski definition) is 4. The van der Waals surface area contributed by atoms with E-state index in [-0.39, 0.29) is 12.6 Å². The molecule has 0 aromatic carbocycles. The molecule has 1 saturated heterocycles. The van der Waals surface area contributed by atoms with Crippen LogP contribution in [0.4, 0.5) is 0 Å². The molecule has 1 aliphatic rings. The number of hydrogen-bond donors (Lipinski definition) is 3. The lowest BCUT2D eigenvalue weighted by atomic mass is 9.95. The Morgan fingerprint density at radius 2 is 2.30 bits per heavy atom. The van der Waals surface area contributed by atoms with Gasteiger partial charge in [-0.25, -0.2) is 0 Å². The molecule has 3 N–H and O–H groups in total. The molecule has 0 amide bonds. The van der Waals surface area contributed by atoms with Gasteiger partial charge in [-0.05, 0) is 7.05 Å². The van der Waals surface area contributed by atoms with Gasteiger partial charge in [0.25, 0.3) is 0 Å². The van der Waals surface area contributed by atoms with Crippen LogP contribution in [0.3, 0.4) is 0 Å². The van der Waals surface area contributed by atoms with Crippen molar-refractivity contribution in [2.45, 2.75) is 18.2 Å². The van der Waals surface area contributed by atoms with E-state index in [1.807, 2.05) is 4.90 Å². The summed E-state index contributed by atoms with van der Waals surface area (Å²) in [6, 6.07) is -0.273. The molecule has 0 spiro atoms. The maximum atomic E-state index is 9.07. The van der Waals surface area contributed by atoms with Gasteiger partial charge in [-0.3, -0.25) is 4.90 Å². The van der Waals surface area contributed by atoms with Crippen LogP contribution in [-0.4, -0.2) is 58.7 Å². The lowest BCUT2D eigenvalue weighted by Crippen LogP contribution is -2.63. The quantitative estimate of drug-likeness (QED) is 0.423. The number of β-amino-alcohol motifs (C(OH)–C–C–N with tert-alkyl or cyclic N) is 1. The van der Waals surface area contributed by atoms with Crippen molar-refractivity contribution in [2.24, 2.45) is 0 Å². The molecule has 0 radical (unpaired) electrons. The van der Waals surface area contributed by atoms with E-state index in [0.717, 1.165) is 0 Å². The van der Waals surface area contributed by atoms with Crippen LogP contribution in [0.1, 0.15) is 0 Å². The molecule has 3 atom stereocenters. The van der Waals surface area contributed by atoms with Crippen molar-refractivity contribution in [3.05, 3.63) is 0 Å². The van der Waals surface area contributed by atoms with Gasteiger partial charge >= 0.3 is 0 Å². The van der Waals surface area contributed by atoms with Crippen LogP contribution in [0.2, 0.25) is 0 Å². The Balaban J connectivity index is 2.38. The second-order valence-electron chi connectivity index (χ2n) is 2.75. The Morgan fingerprint density at radius 1 is 1.70 bits per heavy atom. The number of aliphatic hydroxyl groups excluding tert-OH is 3. The molecule has 1 aliphatic heterocycles. The summed E-state index contributed by atoms with van der Waals surface area (Å²) in [7, 11) is 1.80. The monoisotopic (exact) mass is 147 g/mol. The molecule has 4 heteroatoms. The van der Waals surface area contributed by atoms with E-state index < -0.39 is 12.2 Å². The van der Waals surface area contributed by atoms with E-state index in [0.29, 0.717) is 6.54 Å². The van der Waals surface area contributed by atoms with E-state index in [2.05, 4.69) is 0 Å². The van der Waals surface area contributed by atoms with Gasteiger partial charge < -0.3 is 15.3 Å².